The second-order valence-electron chi connectivity index (χ2n) is 4.73. The van der Waals surface area contributed by atoms with Gasteiger partial charge in [0.15, 0.2) is 0 Å². The number of hydrogen-bond acceptors (Lipinski definition) is 2. The molecule has 102 valence electrons. The van der Waals surface area contributed by atoms with E-state index in [1.54, 1.807) is 10.9 Å². The van der Waals surface area contributed by atoms with E-state index in [1.165, 1.54) is 5.39 Å². The van der Waals surface area contributed by atoms with Crippen LogP contribution in [0.2, 0.25) is 5.02 Å². The second kappa shape index (κ2) is 5.20. The maximum absolute atomic E-state index is 6.33. The van der Waals surface area contributed by atoms with Crippen LogP contribution in [0.25, 0.3) is 10.8 Å². The fourth-order valence-corrected chi connectivity index (χ4v) is 3.02. The molecule has 3 rings (SSSR count). The Kier molecular flexibility index (Phi) is 3.54. The first-order valence-electron chi connectivity index (χ1n) is 6.18. The molecule has 1 aromatic heterocycles. The van der Waals surface area contributed by atoms with E-state index in [0.29, 0.717) is 5.02 Å². The molecule has 0 aliphatic carbocycles. The van der Waals surface area contributed by atoms with Gasteiger partial charge in [0.25, 0.3) is 0 Å². The molecule has 0 saturated heterocycles. The van der Waals surface area contributed by atoms with Gasteiger partial charge in [0, 0.05) is 11.5 Å². The molecule has 5 heteroatoms. The van der Waals surface area contributed by atoms with Gasteiger partial charge < -0.3 is 5.73 Å². The molecule has 0 aliphatic heterocycles. The highest BCUT2D eigenvalue weighted by Gasteiger charge is 2.17. The second-order valence-corrected chi connectivity index (χ2v) is 6.05. The van der Waals surface area contributed by atoms with Gasteiger partial charge >= 0.3 is 0 Å². The van der Waals surface area contributed by atoms with Gasteiger partial charge in [-0.2, -0.15) is 5.10 Å². The average molecular weight is 351 g/mol. The number of aryl methyl sites for hydroxylation is 1. The zero-order valence-corrected chi connectivity index (χ0v) is 13.2. The van der Waals surface area contributed by atoms with Gasteiger partial charge in [-0.25, -0.2) is 0 Å². The monoisotopic (exact) mass is 349 g/mol. The van der Waals surface area contributed by atoms with Gasteiger partial charge in [0.1, 0.15) is 0 Å². The van der Waals surface area contributed by atoms with Crippen LogP contribution in [0.3, 0.4) is 0 Å². The molecule has 2 aromatic carbocycles. The topological polar surface area (TPSA) is 43.8 Å². The number of hydrogen-bond donors (Lipinski definition) is 1. The Labute approximate surface area is 130 Å². The molecule has 1 unspecified atom stereocenters. The third-order valence-corrected chi connectivity index (χ3v) is 4.20. The Bertz CT molecular complexity index is 762. The molecule has 0 aliphatic rings. The van der Waals surface area contributed by atoms with E-state index in [0.717, 1.165) is 21.1 Å². The van der Waals surface area contributed by atoms with Gasteiger partial charge in [0.05, 0.1) is 23.0 Å². The fourth-order valence-electron chi connectivity index (χ4n) is 2.36. The highest BCUT2D eigenvalue weighted by molar-refractivity contribution is 9.10. The SMILES string of the molecule is Cn1ncc(Cl)c1C(N)c1ccc2cc(Br)ccc2c1. The van der Waals surface area contributed by atoms with E-state index in [9.17, 15) is 0 Å². The summed E-state index contributed by atoms with van der Waals surface area (Å²) in [6.07, 6.45) is 1.62. The average Bonchev–Trinajstić information content (AvgIpc) is 2.77. The minimum Gasteiger partial charge on any atom is -0.319 e. The summed E-state index contributed by atoms with van der Waals surface area (Å²) >= 11 is 9.64. The maximum Gasteiger partial charge on any atom is 0.0837 e. The summed E-state index contributed by atoms with van der Waals surface area (Å²) in [6, 6.07) is 12.1. The fraction of sp³-hybridized carbons (Fsp3) is 0.133. The van der Waals surface area contributed by atoms with E-state index >= 15 is 0 Å². The molecule has 0 fully saturated rings. The smallest absolute Gasteiger partial charge is 0.0837 e. The van der Waals surface area contributed by atoms with Crippen LogP contribution in [0.4, 0.5) is 0 Å². The number of fused-ring (bicyclic) bond motifs is 1. The summed E-state index contributed by atoms with van der Waals surface area (Å²) in [5.74, 6) is 0. The molecule has 0 saturated carbocycles. The lowest BCUT2D eigenvalue weighted by Crippen LogP contribution is -2.16. The largest absolute Gasteiger partial charge is 0.319 e. The molecule has 0 amide bonds. The van der Waals surface area contributed by atoms with E-state index in [-0.39, 0.29) is 6.04 Å². The van der Waals surface area contributed by atoms with Crippen LogP contribution in [0, 0.1) is 0 Å². The minimum atomic E-state index is -0.289. The van der Waals surface area contributed by atoms with Crippen LogP contribution in [0.15, 0.2) is 47.1 Å². The minimum absolute atomic E-state index is 0.289. The van der Waals surface area contributed by atoms with Crippen LogP contribution in [0.1, 0.15) is 17.3 Å². The Morgan fingerprint density at radius 3 is 2.60 bits per heavy atom. The maximum atomic E-state index is 6.33. The molecule has 0 spiro atoms. The van der Waals surface area contributed by atoms with Crippen LogP contribution in [-0.2, 0) is 7.05 Å². The number of benzene rings is 2. The Morgan fingerprint density at radius 2 is 1.90 bits per heavy atom. The standard InChI is InChI=1S/C15H13BrClN3/c1-20-15(13(17)8-19-20)14(18)11-3-2-10-7-12(16)5-4-9(10)6-11/h2-8,14H,18H2,1H3. The van der Waals surface area contributed by atoms with Crippen molar-refractivity contribution in [1.29, 1.82) is 0 Å². The van der Waals surface area contributed by atoms with Crippen LogP contribution >= 0.6 is 27.5 Å². The van der Waals surface area contributed by atoms with E-state index in [2.05, 4.69) is 45.3 Å². The summed E-state index contributed by atoms with van der Waals surface area (Å²) in [5.41, 5.74) is 8.17. The van der Waals surface area contributed by atoms with Gasteiger partial charge in [-0.3, -0.25) is 4.68 Å². The van der Waals surface area contributed by atoms with Crippen molar-refractivity contribution in [2.45, 2.75) is 6.04 Å². The summed E-state index contributed by atoms with van der Waals surface area (Å²) in [5, 5.41) is 7.05. The number of nitrogens with two attached hydrogens (primary N) is 1. The molecule has 0 radical (unpaired) electrons. The van der Waals surface area contributed by atoms with Crippen molar-refractivity contribution >= 4 is 38.3 Å². The number of aromatic nitrogens is 2. The first-order chi connectivity index (χ1) is 9.56. The van der Waals surface area contributed by atoms with Crippen LogP contribution in [-0.4, -0.2) is 9.78 Å². The van der Waals surface area contributed by atoms with Gasteiger partial charge in [-0.05, 0) is 34.5 Å². The van der Waals surface area contributed by atoms with Crippen LogP contribution < -0.4 is 5.73 Å². The molecule has 2 N–H and O–H groups in total. The van der Waals surface area contributed by atoms with Crippen molar-refractivity contribution in [3.63, 3.8) is 0 Å². The Morgan fingerprint density at radius 1 is 1.20 bits per heavy atom. The van der Waals surface area contributed by atoms with Crippen molar-refractivity contribution < 1.29 is 0 Å². The summed E-state index contributed by atoms with van der Waals surface area (Å²) in [4.78, 5) is 0. The summed E-state index contributed by atoms with van der Waals surface area (Å²) in [6.45, 7) is 0. The number of halogens is 2. The Hall–Kier alpha value is -1.36. The van der Waals surface area contributed by atoms with Gasteiger partial charge in [-0.15, -0.1) is 0 Å². The lowest BCUT2D eigenvalue weighted by atomic mass is 10.0. The molecule has 20 heavy (non-hydrogen) atoms. The predicted octanol–water partition coefficient (Wildman–Crippen LogP) is 4.04. The zero-order chi connectivity index (χ0) is 14.3. The quantitative estimate of drug-likeness (QED) is 0.758. The molecule has 1 atom stereocenters. The van der Waals surface area contributed by atoms with E-state index < -0.39 is 0 Å². The van der Waals surface area contributed by atoms with Gasteiger partial charge in [0.2, 0.25) is 0 Å². The van der Waals surface area contributed by atoms with Crippen molar-refractivity contribution in [3.05, 3.63) is 63.3 Å². The molecule has 3 aromatic rings. The summed E-state index contributed by atoms with van der Waals surface area (Å²) in [7, 11) is 1.85. The molecule has 0 bridgehead atoms. The van der Waals surface area contributed by atoms with E-state index in [4.69, 9.17) is 17.3 Å². The van der Waals surface area contributed by atoms with Crippen molar-refractivity contribution in [2.24, 2.45) is 12.8 Å². The van der Waals surface area contributed by atoms with Crippen molar-refractivity contribution in [3.8, 4) is 0 Å². The molecular weight excluding hydrogens is 338 g/mol. The zero-order valence-electron chi connectivity index (χ0n) is 10.8. The van der Waals surface area contributed by atoms with Crippen molar-refractivity contribution in [1.82, 2.24) is 9.78 Å². The third-order valence-electron chi connectivity index (χ3n) is 3.42. The first kappa shape index (κ1) is 13.6. The first-order valence-corrected chi connectivity index (χ1v) is 7.35. The van der Waals surface area contributed by atoms with Gasteiger partial charge in [-0.1, -0.05) is 45.7 Å². The van der Waals surface area contributed by atoms with Crippen LogP contribution in [0.5, 0.6) is 0 Å². The normalized spacial score (nSPS) is 12.8. The highest BCUT2D eigenvalue weighted by Crippen LogP contribution is 2.28. The molecule has 1 heterocycles. The third kappa shape index (κ3) is 2.35. The summed E-state index contributed by atoms with van der Waals surface area (Å²) < 4.78 is 2.79. The predicted molar refractivity (Wildman–Crippen MR) is 85.9 cm³/mol. The molecule has 3 nitrogen and oxygen atoms in total. The van der Waals surface area contributed by atoms with Crippen molar-refractivity contribution in [2.75, 3.05) is 0 Å². The van der Waals surface area contributed by atoms with E-state index in [1.807, 2.05) is 19.2 Å². The lowest BCUT2D eigenvalue weighted by molar-refractivity contribution is 0.674. The molecular formula is C15H13BrClN3. The number of nitrogens with zero attached hydrogens (tertiary/aromatic N) is 2. The lowest BCUT2D eigenvalue weighted by Gasteiger charge is -2.14. The highest BCUT2D eigenvalue weighted by atomic mass is 79.9. The Balaban J connectivity index is 2.08. The number of rotatable bonds is 2.